The van der Waals surface area contributed by atoms with E-state index >= 15 is 0 Å². The zero-order valence-electron chi connectivity index (χ0n) is 10.8. The zero-order valence-corrected chi connectivity index (χ0v) is 11.6. The molecule has 0 bridgehead atoms. The highest BCUT2D eigenvalue weighted by Crippen LogP contribution is 2.08. The lowest BCUT2D eigenvalue weighted by Crippen LogP contribution is -2.39. The second-order valence-corrected chi connectivity index (χ2v) is 4.70. The molecule has 18 heavy (non-hydrogen) atoms. The minimum atomic E-state index is -0.345. The Balaban J connectivity index is 2.52. The van der Waals surface area contributed by atoms with Gasteiger partial charge in [-0.05, 0) is 30.5 Å². The fourth-order valence-electron chi connectivity index (χ4n) is 1.72. The summed E-state index contributed by atoms with van der Waals surface area (Å²) in [7, 11) is 1.78. The smallest absolute Gasteiger partial charge is 0.232 e. The summed E-state index contributed by atoms with van der Waals surface area (Å²) < 4.78 is 0. The monoisotopic (exact) mass is 265 g/mol. The van der Waals surface area contributed by atoms with E-state index in [0.29, 0.717) is 13.0 Å². The summed E-state index contributed by atoms with van der Waals surface area (Å²) >= 11 is 4.91. The predicted molar refractivity (Wildman–Crippen MR) is 76.1 cm³/mol. The third-order valence-electron chi connectivity index (χ3n) is 2.91. The maximum absolute atomic E-state index is 12.1. The largest absolute Gasteiger partial charge is 0.393 e. The Kier molecular flexibility index (Phi) is 5.71. The molecular formula is C13H19N3OS. The fourth-order valence-corrected chi connectivity index (χ4v) is 1.99. The third-order valence-corrected chi connectivity index (χ3v) is 3.20. The second kappa shape index (κ2) is 7.06. The van der Waals surface area contributed by atoms with Crippen LogP contribution in [0.15, 0.2) is 24.5 Å². The molecule has 0 saturated heterocycles. The Hall–Kier alpha value is -1.49. The molecule has 0 aliphatic carbocycles. The summed E-state index contributed by atoms with van der Waals surface area (Å²) in [5, 5.41) is 0. The van der Waals surface area contributed by atoms with Gasteiger partial charge in [-0.1, -0.05) is 19.1 Å². The van der Waals surface area contributed by atoms with Crippen LogP contribution < -0.4 is 5.73 Å². The molecule has 5 heteroatoms. The first kappa shape index (κ1) is 14.6. The Morgan fingerprint density at radius 1 is 1.50 bits per heavy atom. The van der Waals surface area contributed by atoms with E-state index in [4.69, 9.17) is 18.0 Å². The minimum absolute atomic E-state index is 0.000874. The first-order valence-electron chi connectivity index (χ1n) is 5.99. The predicted octanol–water partition coefficient (Wildman–Crippen LogP) is 1.39. The van der Waals surface area contributed by atoms with Gasteiger partial charge in [-0.2, -0.15) is 0 Å². The van der Waals surface area contributed by atoms with Gasteiger partial charge < -0.3 is 10.6 Å². The van der Waals surface area contributed by atoms with Gasteiger partial charge in [0.2, 0.25) is 5.91 Å². The molecule has 1 unspecified atom stereocenters. The molecule has 0 saturated carbocycles. The van der Waals surface area contributed by atoms with Crippen LogP contribution in [0.5, 0.6) is 0 Å². The van der Waals surface area contributed by atoms with Gasteiger partial charge in [0.25, 0.3) is 0 Å². The van der Waals surface area contributed by atoms with Crippen molar-refractivity contribution in [2.24, 2.45) is 11.7 Å². The van der Waals surface area contributed by atoms with Gasteiger partial charge in [0, 0.05) is 26.0 Å². The lowest BCUT2D eigenvalue weighted by atomic mass is 10.1. The van der Waals surface area contributed by atoms with E-state index < -0.39 is 0 Å². The molecule has 1 atom stereocenters. The number of likely N-dealkylation sites (N-methyl/N-ethyl adjacent to an activating group) is 1. The van der Waals surface area contributed by atoms with Gasteiger partial charge >= 0.3 is 0 Å². The van der Waals surface area contributed by atoms with E-state index in [2.05, 4.69) is 4.98 Å². The van der Waals surface area contributed by atoms with Crippen molar-refractivity contribution in [2.75, 3.05) is 13.6 Å². The normalized spacial score (nSPS) is 11.9. The molecule has 1 aromatic heterocycles. The second-order valence-electron chi connectivity index (χ2n) is 4.23. The van der Waals surface area contributed by atoms with Gasteiger partial charge in [-0.3, -0.25) is 9.78 Å². The average molecular weight is 265 g/mol. The van der Waals surface area contributed by atoms with Crippen molar-refractivity contribution in [1.82, 2.24) is 9.88 Å². The molecule has 1 amide bonds. The first-order chi connectivity index (χ1) is 8.56. The van der Waals surface area contributed by atoms with E-state index in [0.717, 1.165) is 12.0 Å². The molecular weight excluding hydrogens is 246 g/mol. The van der Waals surface area contributed by atoms with Crippen molar-refractivity contribution >= 4 is 23.1 Å². The molecule has 4 nitrogen and oxygen atoms in total. The van der Waals surface area contributed by atoms with Crippen LogP contribution in [0.1, 0.15) is 18.9 Å². The molecule has 1 heterocycles. The van der Waals surface area contributed by atoms with Crippen LogP contribution in [0, 0.1) is 5.92 Å². The Labute approximate surface area is 113 Å². The van der Waals surface area contributed by atoms with Crippen molar-refractivity contribution in [2.45, 2.75) is 19.8 Å². The zero-order chi connectivity index (χ0) is 13.5. The maximum atomic E-state index is 12.1. The summed E-state index contributed by atoms with van der Waals surface area (Å²) in [5.41, 5.74) is 6.73. The Morgan fingerprint density at radius 2 is 2.11 bits per heavy atom. The van der Waals surface area contributed by atoms with E-state index in [1.165, 1.54) is 0 Å². The summed E-state index contributed by atoms with van der Waals surface area (Å²) in [6, 6.07) is 3.90. The van der Waals surface area contributed by atoms with E-state index in [1.807, 2.05) is 19.1 Å². The number of hydrogen-bond donors (Lipinski definition) is 1. The number of hydrogen-bond acceptors (Lipinski definition) is 3. The van der Waals surface area contributed by atoms with Crippen LogP contribution in [0.3, 0.4) is 0 Å². The number of carbonyl (C=O) groups is 1. The molecule has 98 valence electrons. The highest BCUT2D eigenvalue weighted by atomic mass is 32.1. The molecule has 0 aliphatic heterocycles. The van der Waals surface area contributed by atoms with Crippen molar-refractivity contribution < 1.29 is 4.79 Å². The minimum Gasteiger partial charge on any atom is -0.393 e. The molecule has 1 aromatic rings. The lowest BCUT2D eigenvalue weighted by molar-refractivity contribution is -0.132. The van der Waals surface area contributed by atoms with Crippen molar-refractivity contribution in [1.29, 1.82) is 0 Å². The standard InChI is InChI=1S/C13H19N3OS/c1-3-11(12(14)18)13(17)16(2)9-6-10-4-7-15-8-5-10/h4-5,7-8,11H,3,6,9H2,1-2H3,(H2,14,18). The Bertz CT molecular complexity index is 408. The first-order valence-corrected chi connectivity index (χ1v) is 6.40. The number of carbonyl (C=O) groups excluding carboxylic acids is 1. The average Bonchev–Trinajstić information content (AvgIpc) is 2.37. The highest BCUT2D eigenvalue weighted by molar-refractivity contribution is 7.80. The van der Waals surface area contributed by atoms with Gasteiger partial charge in [0.05, 0.1) is 10.9 Å². The summed E-state index contributed by atoms with van der Waals surface area (Å²) in [5.74, 6) is -0.346. The van der Waals surface area contributed by atoms with Crippen LogP contribution >= 0.6 is 12.2 Å². The van der Waals surface area contributed by atoms with Crippen molar-refractivity contribution in [3.05, 3.63) is 30.1 Å². The summed E-state index contributed by atoms with van der Waals surface area (Å²) in [6.45, 7) is 2.57. The van der Waals surface area contributed by atoms with Gasteiger partial charge in [-0.25, -0.2) is 0 Å². The number of nitrogens with zero attached hydrogens (tertiary/aromatic N) is 2. The van der Waals surface area contributed by atoms with Gasteiger partial charge in [0.1, 0.15) is 0 Å². The molecule has 0 aromatic carbocycles. The van der Waals surface area contributed by atoms with Gasteiger partial charge in [0.15, 0.2) is 0 Å². The molecule has 0 radical (unpaired) electrons. The molecule has 1 rings (SSSR count). The summed E-state index contributed by atoms with van der Waals surface area (Å²) in [4.78, 5) is 18.0. The number of amides is 1. The quantitative estimate of drug-likeness (QED) is 0.790. The van der Waals surface area contributed by atoms with Crippen LogP contribution in [0.4, 0.5) is 0 Å². The third kappa shape index (κ3) is 4.07. The molecule has 0 spiro atoms. The number of rotatable bonds is 6. The number of aromatic nitrogens is 1. The van der Waals surface area contributed by atoms with Crippen molar-refractivity contribution in [3.8, 4) is 0 Å². The van der Waals surface area contributed by atoms with E-state index in [1.54, 1.807) is 24.3 Å². The van der Waals surface area contributed by atoms with E-state index in [9.17, 15) is 4.79 Å². The Morgan fingerprint density at radius 3 is 2.61 bits per heavy atom. The summed E-state index contributed by atoms with van der Waals surface area (Å²) in [6.07, 6.45) is 4.95. The maximum Gasteiger partial charge on any atom is 0.232 e. The van der Waals surface area contributed by atoms with Gasteiger partial charge in [-0.15, -0.1) is 0 Å². The van der Waals surface area contributed by atoms with E-state index in [-0.39, 0.29) is 16.8 Å². The molecule has 2 N–H and O–H groups in total. The van der Waals surface area contributed by atoms with Crippen LogP contribution in [0.2, 0.25) is 0 Å². The lowest BCUT2D eigenvalue weighted by Gasteiger charge is -2.22. The number of nitrogens with two attached hydrogens (primary N) is 1. The highest BCUT2D eigenvalue weighted by Gasteiger charge is 2.22. The number of thiocarbonyl (C=S) groups is 1. The van der Waals surface area contributed by atoms with Crippen LogP contribution in [-0.4, -0.2) is 34.4 Å². The SMILES string of the molecule is CCC(C(=O)N(C)CCc1ccncc1)C(N)=S. The molecule has 0 aliphatic rings. The van der Waals surface area contributed by atoms with Crippen molar-refractivity contribution in [3.63, 3.8) is 0 Å². The van der Waals surface area contributed by atoms with Crippen LogP contribution in [-0.2, 0) is 11.2 Å². The number of pyridine rings is 1. The molecule has 0 fully saturated rings. The fraction of sp³-hybridized carbons (Fsp3) is 0.462. The van der Waals surface area contributed by atoms with Crippen LogP contribution in [0.25, 0.3) is 0 Å². The topological polar surface area (TPSA) is 59.2 Å².